The maximum absolute atomic E-state index is 6.14. The van der Waals surface area contributed by atoms with Crippen LogP contribution in [0.5, 0.6) is 0 Å². The zero-order valence-electron chi connectivity index (χ0n) is 8.81. The van der Waals surface area contributed by atoms with Crippen LogP contribution in [0.2, 0.25) is 5.02 Å². The largest absolute Gasteiger partial charge is 0.320 e. The lowest BCUT2D eigenvalue weighted by molar-refractivity contribution is 0.875. The first-order chi connectivity index (χ1) is 7.18. The SMILES string of the molecule is Cc1cc([C@H](N)c2ccsc2)ccc1Cl.Cl. The van der Waals surface area contributed by atoms with Crippen LogP contribution in [-0.4, -0.2) is 0 Å². The summed E-state index contributed by atoms with van der Waals surface area (Å²) in [4.78, 5) is 0. The normalized spacial score (nSPS) is 11.9. The molecule has 1 atom stereocenters. The lowest BCUT2D eigenvalue weighted by Crippen LogP contribution is -2.10. The van der Waals surface area contributed by atoms with E-state index in [1.807, 2.05) is 30.5 Å². The Morgan fingerprint density at radius 2 is 2.00 bits per heavy atom. The number of benzene rings is 1. The van der Waals surface area contributed by atoms with Crippen LogP contribution in [0, 0.1) is 6.92 Å². The van der Waals surface area contributed by atoms with Gasteiger partial charge in [-0.15, -0.1) is 12.4 Å². The number of halogens is 2. The number of rotatable bonds is 2. The molecular formula is C12H13Cl2NS. The molecule has 16 heavy (non-hydrogen) atoms. The van der Waals surface area contributed by atoms with Gasteiger partial charge in [0, 0.05) is 5.02 Å². The van der Waals surface area contributed by atoms with Crippen molar-refractivity contribution in [2.75, 3.05) is 0 Å². The molecule has 0 aliphatic heterocycles. The van der Waals surface area contributed by atoms with Gasteiger partial charge in [0.15, 0.2) is 0 Å². The molecule has 0 aliphatic carbocycles. The van der Waals surface area contributed by atoms with E-state index in [0.29, 0.717) is 0 Å². The second-order valence-corrected chi connectivity index (χ2v) is 4.73. The minimum atomic E-state index is -0.0489. The average molecular weight is 274 g/mol. The molecule has 2 aromatic rings. The molecule has 0 amide bonds. The lowest BCUT2D eigenvalue weighted by atomic mass is 10.0. The van der Waals surface area contributed by atoms with E-state index in [1.165, 1.54) is 0 Å². The van der Waals surface area contributed by atoms with Crippen molar-refractivity contribution < 1.29 is 0 Å². The van der Waals surface area contributed by atoms with E-state index in [-0.39, 0.29) is 18.4 Å². The fourth-order valence-corrected chi connectivity index (χ4v) is 2.32. The van der Waals surface area contributed by atoms with Gasteiger partial charge in [0.2, 0.25) is 0 Å². The molecule has 86 valence electrons. The van der Waals surface area contributed by atoms with Gasteiger partial charge in [-0.25, -0.2) is 0 Å². The first kappa shape index (κ1) is 13.5. The highest BCUT2D eigenvalue weighted by molar-refractivity contribution is 7.08. The van der Waals surface area contributed by atoms with Crippen molar-refractivity contribution in [1.29, 1.82) is 0 Å². The van der Waals surface area contributed by atoms with Crippen molar-refractivity contribution in [3.63, 3.8) is 0 Å². The molecule has 2 rings (SSSR count). The summed E-state index contributed by atoms with van der Waals surface area (Å²) in [6, 6.07) is 7.94. The van der Waals surface area contributed by atoms with Crippen molar-refractivity contribution in [2.45, 2.75) is 13.0 Å². The third kappa shape index (κ3) is 2.77. The van der Waals surface area contributed by atoms with Crippen LogP contribution in [-0.2, 0) is 0 Å². The third-order valence-corrected chi connectivity index (χ3v) is 3.57. The molecule has 0 bridgehead atoms. The highest BCUT2D eigenvalue weighted by Crippen LogP contribution is 2.25. The molecule has 0 radical (unpaired) electrons. The molecule has 4 heteroatoms. The molecule has 0 saturated carbocycles. The Balaban J connectivity index is 0.00000128. The molecule has 1 aromatic heterocycles. The van der Waals surface area contributed by atoms with Crippen molar-refractivity contribution in [3.8, 4) is 0 Å². The summed E-state index contributed by atoms with van der Waals surface area (Å²) in [6.07, 6.45) is 0. The Morgan fingerprint density at radius 1 is 1.25 bits per heavy atom. The smallest absolute Gasteiger partial charge is 0.0559 e. The van der Waals surface area contributed by atoms with Crippen molar-refractivity contribution in [3.05, 3.63) is 56.7 Å². The molecule has 2 N–H and O–H groups in total. The fraction of sp³-hybridized carbons (Fsp3) is 0.167. The molecule has 0 unspecified atom stereocenters. The summed E-state index contributed by atoms with van der Waals surface area (Å²) in [7, 11) is 0. The maximum Gasteiger partial charge on any atom is 0.0559 e. The summed E-state index contributed by atoms with van der Waals surface area (Å²) in [6.45, 7) is 1.99. The highest BCUT2D eigenvalue weighted by Gasteiger charge is 2.09. The average Bonchev–Trinajstić information content (AvgIpc) is 2.74. The molecule has 0 spiro atoms. The van der Waals surface area contributed by atoms with E-state index in [4.69, 9.17) is 17.3 Å². The number of nitrogens with two attached hydrogens (primary N) is 1. The molecule has 0 saturated heterocycles. The Labute approximate surface area is 111 Å². The standard InChI is InChI=1S/C12H12ClNS.ClH/c1-8-6-9(2-3-11(8)13)12(14)10-4-5-15-7-10;/h2-7,12H,14H2,1H3;1H/t12-;/m0./s1. The molecule has 1 heterocycles. The Bertz CT molecular complexity index is 454. The summed E-state index contributed by atoms with van der Waals surface area (Å²) in [5, 5.41) is 4.91. The number of hydrogen-bond donors (Lipinski definition) is 1. The minimum absolute atomic E-state index is 0. The van der Waals surface area contributed by atoms with Crippen LogP contribution in [0.1, 0.15) is 22.7 Å². The molecule has 0 aliphatic rings. The molecule has 0 fully saturated rings. The summed E-state index contributed by atoms with van der Waals surface area (Å²) in [5.41, 5.74) is 9.47. The Hall–Kier alpha value is -0.540. The number of hydrogen-bond acceptors (Lipinski definition) is 2. The van der Waals surface area contributed by atoms with E-state index in [0.717, 1.165) is 21.7 Å². The quantitative estimate of drug-likeness (QED) is 0.873. The zero-order valence-corrected chi connectivity index (χ0v) is 11.2. The highest BCUT2D eigenvalue weighted by atomic mass is 35.5. The number of aryl methyl sites for hydroxylation is 1. The van der Waals surface area contributed by atoms with Crippen molar-refractivity contribution >= 4 is 35.3 Å². The third-order valence-electron chi connectivity index (χ3n) is 2.44. The van der Waals surface area contributed by atoms with Gasteiger partial charge >= 0.3 is 0 Å². The van der Waals surface area contributed by atoms with E-state index >= 15 is 0 Å². The predicted molar refractivity (Wildman–Crippen MR) is 73.8 cm³/mol. The monoisotopic (exact) mass is 273 g/mol. The molecule has 1 aromatic carbocycles. The van der Waals surface area contributed by atoms with Crippen LogP contribution >= 0.6 is 35.3 Å². The van der Waals surface area contributed by atoms with Gasteiger partial charge in [0.05, 0.1) is 6.04 Å². The van der Waals surface area contributed by atoms with Crippen LogP contribution in [0.4, 0.5) is 0 Å². The van der Waals surface area contributed by atoms with Gasteiger partial charge in [-0.2, -0.15) is 11.3 Å². The maximum atomic E-state index is 6.14. The molecule has 1 nitrogen and oxygen atoms in total. The summed E-state index contributed by atoms with van der Waals surface area (Å²) < 4.78 is 0. The van der Waals surface area contributed by atoms with E-state index < -0.39 is 0 Å². The second kappa shape index (κ2) is 5.69. The molecular weight excluding hydrogens is 261 g/mol. The van der Waals surface area contributed by atoms with Gasteiger partial charge in [0.1, 0.15) is 0 Å². The van der Waals surface area contributed by atoms with Crippen LogP contribution < -0.4 is 5.73 Å². The van der Waals surface area contributed by atoms with Gasteiger partial charge < -0.3 is 5.73 Å². The van der Waals surface area contributed by atoms with Gasteiger partial charge in [0.25, 0.3) is 0 Å². The lowest BCUT2D eigenvalue weighted by Gasteiger charge is -2.11. The Kier molecular flexibility index (Phi) is 4.81. The van der Waals surface area contributed by atoms with Gasteiger partial charge in [-0.3, -0.25) is 0 Å². The Morgan fingerprint density at radius 3 is 2.56 bits per heavy atom. The van der Waals surface area contributed by atoms with E-state index in [1.54, 1.807) is 11.3 Å². The van der Waals surface area contributed by atoms with Gasteiger partial charge in [-0.05, 0) is 46.5 Å². The second-order valence-electron chi connectivity index (χ2n) is 3.54. The van der Waals surface area contributed by atoms with Crippen molar-refractivity contribution in [1.82, 2.24) is 0 Å². The van der Waals surface area contributed by atoms with E-state index in [9.17, 15) is 0 Å². The topological polar surface area (TPSA) is 26.0 Å². The predicted octanol–water partition coefficient (Wildman–Crippen LogP) is 4.18. The first-order valence-electron chi connectivity index (χ1n) is 4.72. The van der Waals surface area contributed by atoms with Crippen LogP contribution in [0.15, 0.2) is 35.0 Å². The van der Waals surface area contributed by atoms with Crippen molar-refractivity contribution in [2.24, 2.45) is 5.73 Å². The number of thiophene rings is 1. The first-order valence-corrected chi connectivity index (χ1v) is 6.04. The van der Waals surface area contributed by atoms with E-state index in [2.05, 4.69) is 11.4 Å². The zero-order chi connectivity index (χ0) is 10.8. The fourth-order valence-electron chi connectivity index (χ4n) is 1.51. The summed E-state index contributed by atoms with van der Waals surface area (Å²) >= 11 is 7.64. The van der Waals surface area contributed by atoms with Crippen LogP contribution in [0.3, 0.4) is 0 Å². The van der Waals surface area contributed by atoms with Crippen LogP contribution in [0.25, 0.3) is 0 Å². The minimum Gasteiger partial charge on any atom is -0.320 e. The van der Waals surface area contributed by atoms with Gasteiger partial charge in [-0.1, -0.05) is 23.7 Å². The summed E-state index contributed by atoms with van der Waals surface area (Å²) in [5.74, 6) is 0.